The number of halogens is 1. The highest BCUT2D eigenvalue weighted by Crippen LogP contribution is 2.35. The second kappa shape index (κ2) is 5.08. The van der Waals surface area contributed by atoms with E-state index in [9.17, 15) is 8.42 Å². The molecule has 0 aliphatic heterocycles. The van der Waals surface area contributed by atoms with Crippen LogP contribution in [0, 0.1) is 0 Å². The lowest BCUT2D eigenvalue weighted by Crippen LogP contribution is -2.10. The molecule has 0 fully saturated rings. The van der Waals surface area contributed by atoms with Crippen molar-refractivity contribution in [3.63, 3.8) is 0 Å². The van der Waals surface area contributed by atoms with E-state index in [1.807, 2.05) is 43.5 Å². The first-order chi connectivity index (χ1) is 9.89. The van der Waals surface area contributed by atoms with Crippen LogP contribution in [0.15, 0.2) is 34.8 Å². The fourth-order valence-corrected chi connectivity index (χ4v) is 4.17. The molecule has 5 nitrogen and oxygen atoms in total. The smallest absolute Gasteiger partial charge is 0.294 e. The number of nitrogens with zero attached hydrogens (tertiary/aromatic N) is 3. The van der Waals surface area contributed by atoms with E-state index in [2.05, 4.69) is 10.2 Å². The van der Waals surface area contributed by atoms with Gasteiger partial charge in [0.05, 0.1) is 0 Å². The van der Waals surface area contributed by atoms with Crippen molar-refractivity contribution >= 4 is 41.2 Å². The van der Waals surface area contributed by atoms with Gasteiger partial charge in [0, 0.05) is 37.8 Å². The van der Waals surface area contributed by atoms with Gasteiger partial charge in [-0.05, 0) is 19.9 Å². The van der Waals surface area contributed by atoms with Crippen molar-refractivity contribution < 1.29 is 8.42 Å². The third kappa shape index (κ3) is 2.45. The van der Waals surface area contributed by atoms with E-state index in [1.165, 1.54) is 0 Å². The molecule has 0 aliphatic carbocycles. The molecular formula is C13H12ClN3O2S2. The SMILES string of the molecule is CC(C)n1c(-c2csc3ccccc23)nnc1S(=O)(=O)Cl. The lowest BCUT2D eigenvalue weighted by molar-refractivity contribution is 0.531. The van der Waals surface area contributed by atoms with Gasteiger partial charge in [0.25, 0.3) is 14.2 Å². The Morgan fingerprint density at radius 2 is 1.95 bits per heavy atom. The van der Waals surface area contributed by atoms with Crippen LogP contribution in [0.5, 0.6) is 0 Å². The monoisotopic (exact) mass is 341 g/mol. The van der Waals surface area contributed by atoms with E-state index in [-0.39, 0.29) is 11.2 Å². The minimum atomic E-state index is -3.94. The number of hydrogen-bond acceptors (Lipinski definition) is 5. The summed E-state index contributed by atoms with van der Waals surface area (Å²) < 4.78 is 26.0. The first-order valence-electron chi connectivity index (χ1n) is 6.25. The van der Waals surface area contributed by atoms with Crippen molar-refractivity contribution in [3.05, 3.63) is 29.6 Å². The van der Waals surface area contributed by atoms with Crippen molar-refractivity contribution in [1.82, 2.24) is 14.8 Å². The van der Waals surface area contributed by atoms with Crippen molar-refractivity contribution in [3.8, 4) is 11.4 Å². The van der Waals surface area contributed by atoms with Crippen LogP contribution < -0.4 is 0 Å². The minimum Gasteiger partial charge on any atom is -0.294 e. The van der Waals surface area contributed by atoms with Crippen molar-refractivity contribution in [2.45, 2.75) is 25.0 Å². The van der Waals surface area contributed by atoms with Crippen LogP contribution in [0.4, 0.5) is 0 Å². The van der Waals surface area contributed by atoms with Crippen LogP contribution in [-0.4, -0.2) is 23.2 Å². The topological polar surface area (TPSA) is 64.8 Å². The number of fused-ring (bicyclic) bond motifs is 1. The predicted molar refractivity (Wildman–Crippen MR) is 84.3 cm³/mol. The van der Waals surface area contributed by atoms with E-state index in [0.29, 0.717) is 5.82 Å². The zero-order valence-electron chi connectivity index (χ0n) is 11.3. The highest BCUT2D eigenvalue weighted by molar-refractivity contribution is 8.13. The van der Waals surface area contributed by atoms with E-state index in [1.54, 1.807) is 15.9 Å². The Morgan fingerprint density at radius 1 is 1.24 bits per heavy atom. The largest absolute Gasteiger partial charge is 0.296 e. The van der Waals surface area contributed by atoms with E-state index >= 15 is 0 Å². The predicted octanol–water partition coefficient (Wildman–Crippen LogP) is 3.67. The summed E-state index contributed by atoms with van der Waals surface area (Å²) in [5, 5.41) is 10.6. The minimum absolute atomic E-state index is 0.128. The van der Waals surface area contributed by atoms with Crippen LogP contribution in [0.2, 0.25) is 0 Å². The van der Waals surface area contributed by atoms with Crippen LogP contribution in [0.3, 0.4) is 0 Å². The summed E-state index contributed by atoms with van der Waals surface area (Å²) in [6, 6.07) is 7.77. The molecule has 0 radical (unpaired) electrons. The van der Waals surface area contributed by atoms with Crippen molar-refractivity contribution in [2.24, 2.45) is 0 Å². The Kier molecular flexibility index (Phi) is 3.51. The van der Waals surface area contributed by atoms with Gasteiger partial charge in [-0.2, -0.15) is 0 Å². The Labute approximate surface area is 130 Å². The normalized spacial score (nSPS) is 12.4. The Balaban J connectivity index is 2.31. The fourth-order valence-electron chi connectivity index (χ4n) is 2.24. The maximum absolute atomic E-state index is 11.6. The van der Waals surface area contributed by atoms with E-state index in [4.69, 9.17) is 10.7 Å². The van der Waals surface area contributed by atoms with E-state index < -0.39 is 9.05 Å². The van der Waals surface area contributed by atoms with Gasteiger partial charge in [0.1, 0.15) is 0 Å². The van der Waals surface area contributed by atoms with Crippen LogP contribution in [0.1, 0.15) is 19.9 Å². The molecule has 8 heteroatoms. The van der Waals surface area contributed by atoms with Gasteiger partial charge in [-0.15, -0.1) is 21.5 Å². The number of hydrogen-bond donors (Lipinski definition) is 0. The number of benzene rings is 1. The number of aromatic nitrogens is 3. The summed E-state index contributed by atoms with van der Waals surface area (Å²) in [5.41, 5.74) is 0.864. The van der Waals surface area contributed by atoms with Crippen LogP contribution in [0.25, 0.3) is 21.5 Å². The quantitative estimate of drug-likeness (QED) is 0.682. The van der Waals surface area contributed by atoms with E-state index in [0.717, 1.165) is 15.6 Å². The standard InChI is InChI=1S/C13H12ClN3O2S2/c1-8(2)17-12(15-16-13(17)21(14,18)19)10-7-20-11-6-4-3-5-9(10)11/h3-8H,1-2H3. The van der Waals surface area contributed by atoms with Crippen molar-refractivity contribution in [1.29, 1.82) is 0 Å². The van der Waals surface area contributed by atoms with Gasteiger partial charge in [-0.1, -0.05) is 18.2 Å². The summed E-state index contributed by atoms with van der Waals surface area (Å²) >= 11 is 1.58. The molecule has 3 aromatic rings. The average Bonchev–Trinajstić information content (AvgIpc) is 3.01. The van der Waals surface area contributed by atoms with Crippen molar-refractivity contribution in [2.75, 3.05) is 0 Å². The third-order valence-electron chi connectivity index (χ3n) is 3.12. The molecule has 0 saturated heterocycles. The number of thiophene rings is 1. The molecule has 0 unspecified atom stereocenters. The average molecular weight is 342 g/mol. The zero-order chi connectivity index (χ0) is 15.2. The molecular weight excluding hydrogens is 330 g/mol. The maximum atomic E-state index is 11.6. The zero-order valence-corrected chi connectivity index (χ0v) is 13.7. The highest BCUT2D eigenvalue weighted by Gasteiger charge is 2.26. The third-order valence-corrected chi connectivity index (χ3v) is 5.21. The second-order valence-electron chi connectivity index (χ2n) is 4.85. The maximum Gasteiger partial charge on any atom is 0.296 e. The molecule has 1 aromatic carbocycles. The lowest BCUT2D eigenvalue weighted by atomic mass is 10.1. The molecule has 0 aliphatic rings. The summed E-state index contributed by atoms with van der Waals surface area (Å²) in [6.45, 7) is 3.74. The molecule has 0 amide bonds. The summed E-state index contributed by atoms with van der Waals surface area (Å²) in [6.07, 6.45) is 0. The molecule has 2 heterocycles. The Bertz CT molecular complexity index is 913. The summed E-state index contributed by atoms with van der Waals surface area (Å²) in [5.74, 6) is 0.515. The van der Waals surface area contributed by atoms with Crippen LogP contribution in [-0.2, 0) is 9.05 Å². The van der Waals surface area contributed by atoms with Gasteiger partial charge >= 0.3 is 0 Å². The molecule has 0 spiro atoms. The molecule has 0 atom stereocenters. The molecule has 0 saturated carbocycles. The lowest BCUT2D eigenvalue weighted by Gasteiger charge is -2.12. The summed E-state index contributed by atoms with van der Waals surface area (Å²) in [7, 11) is 1.52. The number of rotatable bonds is 3. The molecule has 110 valence electrons. The summed E-state index contributed by atoms with van der Waals surface area (Å²) in [4.78, 5) is 0. The molecule has 2 aromatic heterocycles. The van der Waals surface area contributed by atoms with Gasteiger partial charge in [-0.3, -0.25) is 4.57 Å². The first-order valence-corrected chi connectivity index (χ1v) is 9.44. The van der Waals surface area contributed by atoms with Crippen LogP contribution >= 0.6 is 22.0 Å². The van der Waals surface area contributed by atoms with Gasteiger partial charge in [-0.25, -0.2) is 8.42 Å². The highest BCUT2D eigenvalue weighted by atomic mass is 35.7. The van der Waals surface area contributed by atoms with Gasteiger partial charge in [0.2, 0.25) is 0 Å². The fraction of sp³-hybridized carbons (Fsp3) is 0.231. The Hall–Kier alpha value is -1.44. The molecule has 3 rings (SSSR count). The van der Waals surface area contributed by atoms with Gasteiger partial charge in [0.15, 0.2) is 5.82 Å². The first kappa shape index (κ1) is 14.5. The second-order valence-corrected chi connectivity index (χ2v) is 8.22. The molecule has 0 N–H and O–H groups in total. The molecule has 21 heavy (non-hydrogen) atoms. The van der Waals surface area contributed by atoms with Gasteiger partial charge < -0.3 is 0 Å². The Morgan fingerprint density at radius 3 is 2.62 bits per heavy atom. The molecule has 0 bridgehead atoms.